The van der Waals surface area contributed by atoms with E-state index in [-0.39, 0.29) is 6.42 Å². The maximum Gasteiger partial charge on any atom is 0.323 e. The molecule has 0 aromatic carbocycles. The van der Waals surface area contributed by atoms with Crippen molar-refractivity contribution in [1.29, 1.82) is 0 Å². The van der Waals surface area contributed by atoms with Gasteiger partial charge in [0.2, 0.25) is 0 Å². The van der Waals surface area contributed by atoms with Gasteiger partial charge < -0.3 is 29.7 Å². The minimum atomic E-state index is -2.21. The number of hydrogen-bond donors (Lipinski definition) is 3. The first-order chi connectivity index (χ1) is 17.0. The molecule has 3 N–H and O–H groups in total. The van der Waals surface area contributed by atoms with E-state index in [9.17, 15) is 24.9 Å². The normalized spacial score (nSPS) is 47.5. The predicted octanol–water partition coefficient (Wildman–Crippen LogP) is 1.14. The van der Waals surface area contributed by atoms with Crippen LogP contribution in [0.1, 0.15) is 60.8 Å². The van der Waals surface area contributed by atoms with Crippen LogP contribution in [0.25, 0.3) is 0 Å². The molecule has 9 heteroatoms. The number of fused-ring (bicyclic) bond motifs is 3. The molecule has 0 aromatic heterocycles. The number of hydrogen-bond acceptors (Lipinski definition) is 9. The van der Waals surface area contributed by atoms with Crippen LogP contribution >= 0.6 is 0 Å². The van der Waals surface area contributed by atoms with E-state index < -0.39 is 69.7 Å². The Morgan fingerprint density at radius 2 is 1.76 bits per heavy atom. The molecule has 9 atom stereocenters. The van der Waals surface area contributed by atoms with E-state index in [0.717, 1.165) is 26.2 Å². The van der Waals surface area contributed by atoms with E-state index in [1.54, 1.807) is 20.8 Å². The van der Waals surface area contributed by atoms with Crippen molar-refractivity contribution in [3.05, 3.63) is 12.7 Å². The number of ketones is 1. The largest absolute Gasteiger partial charge is 0.458 e. The first kappa shape index (κ1) is 28.6. The Bertz CT molecular complexity index is 949. The molecule has 4 rings (SSSR count). The summed E-state index contributed by atoms with van der Waals surface area (Å²) in [5.74, 6) is -1.70. The Kier molecular flexibility index (Phi) is 7.04. The number of esters is 1. The van der Waals surface area contributed by atoms with Crippen molar-refractivity contribution < 1.29 is 34.4 Å². The van der Waals surface area contributed by atoms with Gasteiger partial charge in [0.1, 0.15) is 23.9 Å². The van der Waals surface area contributed by atoms with Crippen LogP contribution in [0.5, 0.6) is 0 Å². The molecule has 0 radical (unpaired) electrons. The summed E-state index contributed by atoms with van der Waals surface area (Å²) in [4.78, 5) is 31.7. The number of piperazine rings is 1. The number of carbonyl (C=O) groups excluding carboxylic acids is 2. The highest BCUT2D eigenvalue weighted by molar-refractivity contribution is 5.92. The van der Waals surface area contributed by atoms with Crippen molar-refractivity contribution in [2.24, 2.45) is 16.7 Å². The first-order valence-electron chi connectivity index (χ1n) is 13.6. The molecule has 4 aliphatic rings. The summed E-state index contributed by atoms with van der Waals surface area (Å²) in [6.45, 7) is 17.6. The zero-order chi connectivity index (χ0) is 27.8. The first-order valence-corrected chi connectivity index (χ1v) is 13.6. The quantitative estimate of drug-likeness (QED) is 0.369. The van der Waals surface area contributed by atoms with Gasteiger partial charge in [0.05, 0.1) is 11.7 Å². The van der Waals surface area contributed by atoms with Crippen molar-refractivity contribution in [3.8, 4) is 0 Å². The van der Waals surface area contributed by atoms with Crippen molar-refractivity contribution in [2.75, 3.05) is 33.2 Å². The van der Waals surface area contributed by atoms with Crippen LogP contribution in [-0.4, -0.2) is 111 Å². The molecule has 2 saturated heterocycles. The third kappa shape index (κ3) is 3.95. The summed E-state index contributed by atoms with van der Waals surface area (Å²) in [7, 11) is 2.04. The smallest absolute Gasteiger partial charge is 0.323 e. The van der Waals surface area contributed by atoms with Crippen LogP contribution < -0.4 is 0 Å². The number of Topliss-reactive ketones (excluding diaryl/α,β-unsaturated/α-hetero) is 1. The van der Waals surface area contributed by atoms with E-state index in [2.05, 4.69) is 16.4 Å². The lowest BCUT2D eigenvalue weighted by molar-refractivity contribution is -0.370. The molecule has 210 valence electrons. The Labute approximate surface area is 220 Å². The third-order valence-electron chi connectivity index (χ3n) is 10.4. The number of likely N-dealkylation sites (N-methyl/N-ethyl adjacent to an activating group) is 1. The maximum absolute atomic E-state index is 13.8. The topological polar surface area (TPSA) is 120 Å². The minimum Gasteiger partial charge on any atom is -0.458 e. The van der Waals surface area contributed by atoms with Gasteiger partial charge in [0.25, 0.3) is 0 Å². The van der Waals surface area contributed by atoms with Crippen LogP contribution in [0.4, 0.5) is 0 Å². The molecular formula is C28H46N2O7. The zero-order valence-corrected chi connectivity index (χ0v) is 23.5. The van der Waals surface area contributed by atoms with Crippen LogP contribution in [-0.2, 0) is 19.1 Å². The molecule has 2 saturated carbocycles. The van der Waals surface area contributed by atoms with Gasteiger partial charge in [-0.25, -0.2) is 0 Å². The Morgan fingerprint density at radius 3 is 2.32 bits per heavy atom. The van der Waals surface area contributed by atoms with Crippen molar-refractivity contribution in [2.45, 2.75) is 102 Å². The standard InChI is InChI=1S/C28H46N2O7/c1-9-25(5)16-19(32)28(35)26(6)18(31)10-11-24(3,4)21(26)20(22(33)27(28,7)37-25)36-23(34)17(2)30-14-12-29(8)13-15-30/h9,17-18,20-22,31,33,35H,1,10-16H2,2-8H3/t17?,18-,20?,21?,22?,25-,26?,27+,28-/m0/s1. The molecule has 9 nitrogen and oxygen atoms in total. The van der Waals surface area contributed by atoms with E-state index >= 15 is 0 Å². The van der Waals surface area contributed by atoms with Gasteiger partial charge in [-0.1, -0.05) is 26.8 Å². The Hall–Kier alpha value is -1.36. The van der Waals surface area contributed by atoms with Gasteiger partial charge >= 0.3 is 5.97 Å². The average molecular weight is 523 g/mol. The van der Waals surface area contributed by atoms with E-state index in [1.807, 2.05) is 20.9 Å². The second-order valence-electron chi connectivity index (χ2n) is 13.2. The molecule has 0 aromatic rings. The summed E-state index contributed by atoms with van der Waals surface area (Å²) in [6, 6.07) is -0.537. The maximum atomic E-state index is 13.8. The Balaban J connectivity index is 1.79. The SMILES string of the molecule is C=C[C@@]1(C)CC(=O)[C@]2(O)C3(C)C(C(OC(=O)C(C)N4CCN(C)CC4)C(O)[C@@]2(C)O1)C(C)(C)CC[C@@H]3O. The van der Waals surface area contributed by atoms with Crippen LogP contribution in [0, 0.1) is 16.7 Å². The second-order valence-corrected chi connectivity index (χ2v) is 13.2. The Morgan fingerprint density at radius 1 is 1.16 bits per heavy atom. The molecule has 5 unspecified atom stereocenters. The fraction of sp³-hybridized carbons (Fsp3) is 0.857. The highest BCUT2D eigenvalue weighted by atomic mass is 16.6. The lowest BCUT2D eigenvalue weighted by Crippen LogP contribution is -2.86. The summed E-state index contributed by atoms with van der Waals surface area (Å²) in [6.07, 6.45) is -1.41. The molecule has 2 aliphatic carbocycles. The van der Waals surface area contributed by atoms with Crippen LogP contribution in [0.2, 0.25) is 0 Å². The second kappa shape index (κ2) is 9.10. The lowest BCUT2D eigenvalue weighted by atomic mass is 9.40. The monoisotopic (exact) mass is 522 g/mol. The highest BCUT2D eigenvalue weighted by Gasteiger charge is 2.81. The molecular weight excluding hydrogens is 476 g/mol. The number of rotatable bonds is 4. The number of aliphatic hydroxyl groups excluding tert-OH is 2. The molecule has 2 heterocycles. The van der Waals surface area contributed by atoms with Crippen LogP contribution in [0.15, 0.2) is 12.7 Å². The fourth-order valence-corrected chi connectivity index (χ4v) is 8.00. The molecule has 2 aliphatic heterocycles. The van der Waals surface area contributed by atoms with Gasteiger partial charge in [-0.15, -0.1) is 6.58 Å². The fourth-order valence-electron chi connectivity index (χ4n) is 8.00. The zero-order valence-electron chi connectivity index (χ0n) is 23.5. The number of ether oxygens (including phenoxy) is 2. The molecule has 0 bridgehead atoms. The molecule has 37 heavy (non-hydrogen) atoms. The minimum absolute atomic E-state index is 0.143. The highest BCUT2D eigenvalue weighted by Crippen LogP contribution is 2.67. The van der Waals surface area contributed by atoms with Gasteiger partial charge in [-0.2, -0.15) is 0 Å². The van der Waals surface area contributed by atoms with Gasteiger partial charge in [-0.3, -0.25) is 14.5 Å². The van der Waals surface area contributed by atoms with Crippen molar-refractivity contribution >= 4 is 11.8 Å². The summed E-state index contributed by atoms with van der Waals surface area (Å²) in [5, 5.41) is 35.8. The van der Waals surface area contributed by atoms with E-state index in [4.69, 9.17) is 9.47 Å². The molecule has 0 amide bonds. The lowest BCUT2D eigenvalue weighted by Gasteiger charge is -2.71. The number of nitrogens with zero attached hydrogens (tertiary/aromatic N) is 2. The van der Waals surface area contributed by atoms with Crippen molar-refractivity contribution in [3.63, 3.8) is 0 Å². The summed E-state index contributed by atoms with van der Waals surface area (Å²) < 4.78 is 12.6. The van der Waals surface area contributed by atoms with Gasteiger partial charge in [-0.05, 0) is 46.1 Å². The van der Waals surface area contributed by atoms with E-state index in [0.29, 0.717) is 12.8 Å². The van der Waals surface area contributed by atoms with Crippen molar-refractivity contribution in [1.82, 2.24) is 9.80 Å². The molecule has 0 spiro atoms. The van der Waals surface area contributed by atoms with E-state index in [1.165, 1.54) is 13.0 Å². The number of aliphatic hydroxyl groups is 3. The third-order valence-corrected chi connectivity index (χ3v) is 10.4. The van der Waals surface area contributed by atoms with Crippen LogP contribution in [0.3, 0.4) is 0 Å². The molecule has 4 fully saturated rings. The van der Waals surface area contributed by atoms with Gasteiger partial charge in [0, 0.05) is 43.9 Å². The number of carbonyl (C=O) groups is 2. The summed E-state index contributed by atoms with van der Waals surface area (Å²) >= 11 is 0. The predicted molar refractivity (Wildman–Crippen MR) is 138 cm³/mol. The van der Waals surface area contributed by atoms with Gasteiger partial charge in [0.15, 0.2) is 11.4 Å². The summed E-state index contributed by atoms with van der Waals surface area (Å²) in [5.41, 5.74) is -7.21. The average Bonchev–Trinajstić information content (AvgIpc) is 2.83.